The van der Waals surface area contributed by atoms with Crippen molar-refractivity contribution in [2.45, 2.75) is 13.1 Å². The smallest absolute Gasteiger partial charge is 0.475 e. The molecule has 1 rings (SSSR count). The van der Waals surface area contributed by atoms with E-state index in [4.69, 9.17) is 9.90 Å². The first-order valence-corrected chi connectivity index (χ1v) is 4.46. The molecule has 100 valence electrons. The summed E-state index contributed by atoms with van der Waals surface area (Å²) in [7, 11) is 0. The maximum absolute atomic E-state index is 12.3. The summed E-state index contributed by atoms with van der Waals surface area (Å²) in [5, 5.41) is 9.65. The van der Waals surface area contributed by atoms with Crippen LogP contribution in [0.1, 0.15) is 6.92 Å². The Morgan fingerprint density at radius 1 is 1.17 bits per heavy atom. The van der Waals surface area contributed by atoms with Crippen molar-refractivity contribution in [2.75, 3.05) is 5.32 Å². The SMILES string of the molecule is CC(=O)Nc1ccc(F)cc1.O=C(O)C(F)(F)F. The minimum absolute atomic E-state index is 0.156. The zero-order valence-electron chi connectivity index (χ0n) is 9.08. The van der Waals surface area contributed by atoms with E-state index < -0.39 is 12.1 Å². The third kappa shape index (κ3) is 7.20. The van der Waals surface area contributed by atoms with Crippen LogP contribution in [0.5, 0.6) is 0 Å². The average Bonchev–Trinajstić information content (AvgIpc) is 2.20. The fraction of sp³-hybridized carbons (Fsp3) is 0.200. The zero-order valence-corrected chi connectivity index (χ0v) is 9.08. The molecule has 0 atom stereocenters. The highest BCUT2D eigenvalue weighted by Crippen LogP contribution is 2.13. The number of nitrogens with one attached hydrogen (secondary N) is 1. The number of hydrogen-bond donors (Lipinski definition) is 2. The molecule has 1 aromatic carbocycles. The first-order valence-electron chi connectivity index (χ1n) is 4.46. The monoisotopic (exact) mass is 267 g/mol. The van der Waals surface area contributed by atoms with E-state index in [9.17, 15) is 22.4 Å². The van der Waals surface area contributed by atoms with E-state index in [0.717, 1.165) is 0 Å². The molecule has 2 N–H and O–H groups in total. The number of hydrogen-bond acceptors (Lipinski definition) is 2. The molecule has 0 aliphatic carbocycles. The molecule has 8 heteroatoms. The summed E-state index contributed by atoms with van der Waals surface area (Å²) in [5.74, 6) is -3.22. The Bertz CT molecular complexity index is 414. The van der Waals surface area contributed by atoms with Gasteiger partial charge in [-0.15, -0.1) is 0 Å². The Balaban J connectivity index is 0.000000360. The van der Waals surface area contributed by atoms with Gasteiger partial charge < -0.3 is 10.4 Å². The second-order valence-electron chi connectivity index (χ2n) is 2.99. The number of carbonyl (C=O) groups excluding carboxylic acids is 1. The van der Waals surface area contributed by atoms with Gasteiger partial charge in [0.1, 0.15) is 5.82 Å². The number of carbonyl (C=O) groups is 2. The highest BCUT2D eigenvalue weighted by Gasteiger charge is 2.38. The fourth-order valence-corrected chi connectivity index (χ4v) is 0.736. The summed E-state index contributed by atoms with van der Waals surface area (Å²) in [6.45, 7) is 1.41. The van der Waals surface area contributed by atoms with E-state index in [0.29, 0.717) is 5.69 Å². The number of benzene rings is 1. The molecule has 4 nitrogen and oxygen atoms in total. The quantitative estimate of drug-likeness (QED) is 0.768. The number of amides is 1. The molecule has 0 radical (unpaired) electrons. The molecule has 0 unspecified atom stereocenters. The lowest BCUT2D eigenvalue weighted by Crippen LogP contribution is -2.21. The van der Waals surface area contributed by atoms with Crippen LogP contribution in [0.2, 0.25) is 0 Å². The van der Waals surface area contributed by atoms with Crippen LogP contribution in [0.15, 0.2) is 24.3 Å². The third-order valence-electron chi connectivity index (χ3n) is 1.41. The Labute approximate surface area is 99.2 Å². The molecule has 0 aliphatic heterocycles. The fourth-order valence-electron chi connectivity index (χ4n) is 0.736. The highest BCUT2D eigenvalue weighted by molar-refractivity contribution is 5.88. The van der Waals surface area contributed by atoms with Crippen LogP contribution < -0.4 is 5.32 Å². The Kier molecular flexibility index (Phi) is 5.80. The molecule has 0 aliphatic rings. The van der Waals surface area contributed by atoms with Crippen LogP contribution in [-0.2, 0) is 9.59 Å². The van der Waals surface area contributed by atoms with Crippen molar-refractivity contribution >= 4 is 17.6 Å². The summed E-state index contributed by atoms with van der Waals surface area (Å²) in [5.41, 5.74) is 0.610. The molecular formula is C10H9F4NO3. The number of halogens is 4. The Morgan fingerprint density at radius 3 is 1.83 bits per heavy atom. The number of anilines is 1. The molecule has 0 spiro atoms. The summed E-state index contributed by atoms with van der Waals surface area (Å²) in [6.07, 6.45) is -5.08. The van der Waals surface area contributed by atoms with Gasteiger partial charge in [0, 0.05) is 12.6 Å². The minimum Gasteiger partial charge on any atom is -0.475 e. The molecule has 0 saturated carbocycles. The molecule has 0 heterocycles. The largest absolute Gasteiger partial charge is 0.490 e. The molecule has 0 bridgehead atoms. The van der Waals surface area contributed by atoms with Crippen molar-refractivity contribution in [3.05, 3.63) is 30.1 Å². The molecule has 1 aromatic rings. The van der Waals surface area contributed by atoms with Crippen LogP contribution in [-0.4, -0.2) is 23.2 Å². The number of alkyl halides is 3. The van der Waals surface area contributed by atoms with Gasteiger partial charge in [-0.05, 0) is 24.3 Å². The number of carboxylic acids is 1. The maximum Gasteiger partial charge on any atom is 0.490 e. The number of rotatable bonds is 1. The van der Waals surface area contributed by atoms with Crippen LogP contribution in [0, 0.1) is 5.82 Å². The van der Waals surface area contributed by atoms with E-state index >= 15 is 0 Å². The van der Waals surface area contributed by atoms with Gasteiger partial charge >= 0.3 is 12.1 Å². The van der Waals surface area contributed by atoms with Crippen molar-refractivity contribution in [3.63, 3.8) is 0 Å². The van der Waals surface area contributed by atoms with Crippen molar-refractivity contribution in [3.8, 4) is 0 Å². The summed E-state index contributed by atoms with van der Waals surface area (Å²) in [4.78, 5) is 19.4. The third-order valence-corrected chi connectivity index (χ3v) is 1.41. The van der Waals surface area contributed by atoms with Gasteiger partial charge in [-0.3, -0.25) is 4.79 Å². The van der Waals surface area contributed by atoms with E-state index in [1.165, 1.54) is 31.2 Å². The molecule has 0 aromatic heterocycles. The van der Waals surface area contributed by atoms with Crippen molar-refractivity contribution in [1.29, 1.82) is 0 Å². The lowest BCUT2D eigenvalue weighted by Gasteiger charge is -1.99. The van der Waals surface area contributed by atoms with Crippen LogP contribution in [0.4, 0.5) is 23.2 Å². The van der Waals surface area contributed by atoms with Gasteiger partial charge in [0.25, 0.3) is 0 Å². The van der Waals surface area contributed by atoms with Gasteiger partial charge in [-0.2, -0.15) is 13.2 Å². The second-order valence-corrected chi connectivity index (χ2v) is 2.99. The normalized spacial score (nSPS) is 10.1. The number of carboxylic acid groups (broad SMARTS) is 1. The van der Waals surface area contributed by atoms with Gasteiger partial charge in [0.15, 0.2) is 0 Å². The van der Waals surface area contributed by atoms with Gasteiger partial charge in [-0.25, -0.2) is 9.18 Å². The lowest BCUT2D eigenvalue weighted by atomic mass is 10.3. The zero-order chi connectivity index (χ0) is 14.3. The van der Waals surface area contributed by atoms with E-state index in [1.54, 1.807) is 0 Å². The lowest BCUT2D eigenvalue weighted by molar-refractivity contribution is -0.192. The summed E-state index contributed by atoms with van der Waals surface area (Å²) in [6, 6.07) is 5.62. The standard InChI is InChI=1S/C8H8FNO.C2HF3O2/c1-6(11)10-8-4-2-7(9)3-5-8;3-2(4,5)1(6)7/h2-5H,1H3,(H,10,11);(H,6,7). The first-order chi connectivity index (χ1) is 8.12. The van der Waals surface area contributed by atoms with Crippen molar-refractivity contribution < 1.29 is 32.3 Å². The highest BCUT2D eigenvalue weighted by atomic mass is 19.4. The maximum atomic E-state index is 12.3. The molecule has 0 saturated heterocycles. The first kappa shape index (κ1) is 15.9. The topological polar surface area (TPSA) is 66.4 Å². The summed E-state index contributed by atoms with van der Waals surface area (Å²) >= 11 is 0. The number of aliphatic carboxylic acids is 1. The molecule has 0 fully saturated rings. The summed E-state index contributed by atoms with van der Waals surface area (Å²) < 4.78 is 44.0. The van der Waals surface area contributed by atoms with Gasteiger partial charge in [0.2, 0.25) is 5.91 Å². The molecular weight excluding hydrogens is 258 g/mol. The minimum atomic E-state index is -5.08. The van der Waals surface area contributed by atoms with Crippen LogP contribution >= 0.6 is 0 Å². The van der Waals surface area contributed by atoms with Crippen molar-refractivity contribution in [2.24, 2.45) is 0 Å². The predicted molar refractivity (Wildman–Crippen MR) is 54.4 cm³/mol. The molecule has 1 amide bonds. The Morgan fingerprint density at radius 2 is 1.56 bits per heavy atom. The van der Waals surface area contributed by atoms with Crippen molar-refractivity contribution in [1.82, 2.24) is 0 Å². The van der Waals surface area contributed by atoms with Gasteiger partial charge in [0.05, 0.1) is 0 Å². The van der Waals surface area contributed by atoms with E-state index in [2.05, 4.69) is 5.32 Å². The van der Waals surface area contributed by atoms with E-state index in [-0.39, 0.29) is 11.7 Å². The van der Waals surface area contributed by atoms with Crippen LogP contribution in [0.3, 0.4) is 0 Å². The Hall–Kier alpha value is -2.12. The van der Waals surface area contributed by atoms with Crippen LogP contribution in [0.25, 0.3) is 0 Å². The van der Waals surface area contributed by atoms with Gasteiger partial charge in [-0.1, -0.05) is 0 Å². The average molecular weight is 267 g/mol. The molecule has 18 heavy (non-hydrogen) atoms. The second kappa shape index (κ2) is 6.58. The predicted octanol–water partition coefficient (Wildman–Crippen LogP) is 2.42. The van der Waals surface area contributed by atoms with E-state index in [1.807, 2.05) is 0 Å².